The second-order valence-electron chi connectivity index (χ2n) is 11.9. The number of phenolic OH excluding ortho intramolecular Hbond substituents is 1. The second kappa shape index (κ2) is 9.39. The van der Waals surface area contributed by atoms with Gasteiger partial charge >= 0.3 is 0 Å². The molecule has 0 heterocycles. The predicted octanol–water partition coefficient (Wildman–Crippen LogP) is 1.38. The highest BCUT2D eigenvalue weighted by molar-refractivity contribution is 6.24. The number of nitrogens with one attached hydrogen (secondary N) is 1. The summed E-state index contributed by atoms with van der Waals surface area (Å²) in [4.78, 5) is 40.3. The van der Waals surface area contributed by atoms with Crippen LogP contribution in [-0.2, 0) is 27.3 Å². The van der Waals surface area contributed by atoms with Crippen LogP contribution in [0.2, 0.25) is 0 Å². The summed E-state index contributed by atoms with van der Waals surface area (Å²) in [5.41, 5.74) is -0.372. The number of hydrogen-bond donors (Lipinski definition) is 6. The maximum absolute atomic E-state index is 15.3. The normalized spacial score (nSPS) is 27.1. The van der Waals surface area contributed by atoms with Crippen molar-refractivity contribution >= 4 is 23.2 Å². The Morgan fingerprint density at radius 3 is 2.31 bits per heavy atom. The van der Waals surface area contributed by atoms with E-state index in [1.165, 1.54) is 19.0 Å². The Balaban J connectivity index is 1.90. The van der Waals surface area contributed by atoms with Crippen molar-refractivity contribution in [1.82, 2.24) is 10.2 Å². The van der Waals surface area contributed by atoms with Crippen molar-refractivity contribution in [2.45, 2.75) is 51.8 Å². The molecule has 0 radical (unpaired) electrons. The van der Waals surface area contributed by atoms with Crippen LogP contribution in [0.25, 0.3) is 5.76 Å². The Labute approximate surface area is 223 Å². The number of ketones is 2. The summed E-state index contributed by atoms with van der Waals surface area (Å²) >= 11 is 0. The Bertz CT molecular complexity index is 1360. The van der Waals surface area contributed by atoms with E-state index < -0.39 is 92.1 Å². The van der Waals surface area contributed by atoms with Crippen LogP contribution in [0.3, 0.4) is 0 Å². The van der Waals surface area contributed by atoms with Gasteiger partial charge in [-0.05, 0) is 38.3 Å². The number of carbonyl (C=O) groups excluding carboxylic acids is 3. The number of aromatic hydroxyl groups is 1. The molecule has 10 nitrogen and oxygen atoms in total. The van der Waals surface area contributed by atoms with Crippen molar-refractivity contribution in [1.29, 1.82) is 0 Å². The van der Waals surface area contributed by atoms with Gasteiger partial charge in [0.1, 0.15) is 22.8 Å². The lowest BCUT2D eigenvalue weighted by Gasteiger charge is -2.50. The Hall–Kier alpha value is -3.35. The van der Waals surface area contributed by atoms with E-state index in [2.05, 4.69) is 5.32 Å². The van der Waals surface area contributed by atoms with Crippen LogP contribution in [0, 0.1) is 28.9 Å². The third kappa shape index (κ3) is 4.21. The maximum Gasteiger partial charge on any atom is 0.255 e. The molecule has 1 fully saturated rings. The summed E-state index contributed by atoms with van der Waals surface area (Å²) < 4.78 is 30.5. The molecule has 4 rings (SSSR count). The third-order valence-electron chi connectivity index (χ3n) is 7.82. The number of hydrogen-bond acceptors (Lipinski definition) is 9. The van der Waals surface area contributed by atoms with Crippen molar-refractivity contribution in [3.05, 3.63) is 45.2 Å². The van der Waals surface area contributed by atoms with Crippen LogP contribution >= 0.6 is 0 Å². The quantitative estimate of drug-likeness (QED) is 0.297. The molecule has 7 N–H and O–H groups in total. The number of fused-ring (bicyclic) bond motifs is 3. The lowest BCUT2D eigenvalue weighted by molar-refractivity contribution is -0.153. The van der Waals surface area contributed by atoms with Gasteiger partial charge in [0, 0.05) is 35.7 Å². The standard InChI is InChI=1S/C27H33F2N3O7/c1-26(2,3)9-31-8-12-18(29)17(28)11-6-10-7-13-19(32(4)5)22(35)16(25(30)38)24(37)27(13,39)23(36)14(10)21(34)15(11)20(12)33/h10,13,19,31,33-34,37,39H,6-9H2,1-5H3,(H2,30,38)/t10?,13-,19-,27-/m0/s1. The number of Topliss-reactive ketones (excluding diaryl/α,β-unsaturated/α-hetero) is 2. The second-order valence-corrected chi connectivity index (χ2v) is 11.9. The zero-order valence-electron chi connectivity index (χ0n) is 22.4. The Kier molecular flexibility index (Phi) is 6.90. The van der Waals surface area contributed by atoms with Gasteiger partial charge in [0.25, 0.3) is 5.91 Å². The number of carbonyl (C=O) groups is 3. The molecule has 4 atom stereocenters. The number of likely N-dealkylation sites (N-methyl/N-ethyl adjacent to an activating group) is 1. The fraction of sp³-hybridized carbons (Fsp3) is 0.519. The SMILES string of the molecule is CN(C)[C@@H]1C(=O)C(C(N)=O)=C(O)[C@@]2(O)C(=O)C3=C(O)c4c(O)c(CNCC(C)(C)C)c(F)c(F)c4CC3C[C@@H]12. The molecule has 0 saturated heterocycles. The number of nitrogens with zero attached hydrogens (tertiary/aromatic N) is 1. The lowest BCUT2D eigenvalue weighted by Crippen LogP contribution is -2.65. The number of aliphatic hydroxyl groups is 3. The van der Waals surface area contributed by atoms with E-state index in [9.17, 15) is 34.8 Å². The van der Waals surface area contributed by atoms with Gasteiger partial charge in [-0.1, -0.05) is 20.8 Å². The highest BCUT2D eigenvalue weighted by Crippen LogP contribution is 2.53. The highest BCUT2D eigenvalue weighted by Gasteiger charge is 2.64. The van der Waals surface area contributed by atoms with Crippen LogP contribution < -0.4 is 11.1 Å². The zero-order chi connectivity index (χ0) is 29.4. The topological polar surface area (TPSA) is 173 Å². The van der Waals surface area contributed by atoms with Gasteiger partial charge < -0.3 is 31.5 Å². The first-order valence-corrected chi connectivity index (χ1v) is 12.5. The van der Waals surface area contributed by atoms with Crippen molar-refractivity contribution in [2.75, 3.05) is 20.6 Å². The van der Waals surface area contributed by atoms with Gasteiger partial charge in [-0.15, -0.1) is 0 Å². The number of rotatable bonds is 5. The molecule has 3 aliphatic carbocycles. The fourth-order valence-electron chi connectivity index (χ4n) is 6.08. The smallest absolute Gasteiger partial charge is 0.255 e. The van der Waals surface area contributed by atoms with Gasteiger partial charge in [-0.3, -0.25) is 19.3 Å². The number of amides is 1. The number of nitrogens with two attached hydrogens (primary N) is 1. The van der Waals surface area contributed by atoms with Crippen LogP contribution in [-0.4, -0.2) is 75.1 Å². The van der Waals surface area contributed by atoms with Gasteiger partial charge in [0.2, 0.25) is 5.78 Å². The number of primary amides is 1. The van der Waals surface area contributed by atoms with Crippen molar-refractivity contribution in [3.8, 4) is 5.75 Å². The monoisotopic (exact) mass is 549 g/mol. The maximum atomic E-state index is 15.3. The van der Waals surface area contributed by atoms with Crippen LogP contribution in [0.4, 0.5) is 8.78 Å². The summed E-state index contributed by atoms with van der Waals surface area (Å²) in [7, 11) is 2.94. The van der Waals surface area contributed by atoms with Crippen molar-refractivity contribution in [3.63, 3.8) is 0 Å². The largest absolute Gasteiger partial charge is 0.508 e. The molecule has 0 bridgehead atoms. The van der Waals surface area contributed by atoms with Crippen LogP contribution in [0.15, 0.2) is 16.9 Å². The number of halogens is 2. The van der Waals surface area contributed by atoms with Gasteiger partial charge in [0.15, 0.2) is 23.0 Å². The average Bonchev–Trinajstić information content (AvgIpc) is 2.80. The molecular formula is C27H33F2N3O7. The molecule has 1 aromatic carbocycles. The van der Waals surface area contributed by atoms with E-state index in [1.54, 1.807) is 0 Å². The van der Waals surface area contributed by atoms with Gasteiger partial charge in [-0.25, -0.2) is 8.78 Å². The highest BCUT2D eigenvalue weighted by atomic mass is 19.2. The van der Waals surface area contributed by atoms with Gasteiger partial charge in [0.05, 0.1) is 11.6 Å². The Morgan fingerprint density at radius 2 is 1.77 bits per heavy atom. The van der Waals surface area contributed by atoms with E-state index in [1.807, 2.05) is 20.8 Å². The molecule has 12 heteroatoms. The first-order valence-electron chi connectivity index (χ1n) is 12.5. The summed E-state index contributed by atoms with van der Waals surface area (Å²) in [6, 6.07) is -1.27. The zero-order valence-corrected chi connectivity index (χ0v) is 22.4. The van der Waals surface area contributed by atoms with Crippen molar-refractivity contribution < 1.29 is 43.6 Å². The van der Waals surface area contributed by atoms with Crippen LogP contribution in [0.1, 0.15) is 43.9 Å². The molecule has 1 saturated carbocycles. The molecule has 0 aromatic heterocycles. The van der Waals surface area contributed by atoms with E-state index in [0.717, 1.165) is 0 Å². The minimum absolute atomic E-state index is 0.207. The van der Waals surface area contributed by atoms with E-state index in [0.29, 0.717) is 6.54 Å². The molecule has 1 unspecified atom stereocenters. The van der Waals surface area contributed by atoms with E-state index >= 15 is 8.78 Å². The number of benzene rings is 1. The average molecular weight is 550 g/mol. The summed E-state index contributed by atoms with van der Waals surface area (Å²) in [6.45, 7) is 5.87. The van der Waals surface area contributed by atoms with Crippen LogP contribution in [0.5, 0.6) is 5.75 Å². The summed E-state index contributed by atoms with van der Waals surface area (Å²) in [6.07, 6.45) is -0.553. The first-order chi connectivity index (χ1) is 17.9. The molecule has 212 valence electrons. The van der Waals surface area contributed by atoms with E-state index in [4.69, 9.17) is 5.73 Å². The molecule has 1 aromatic rings. The minimum atomic E-state index is -2.81. The Morgan fingerprint density at radius 1 is 1.15 bits per heavy atom. The number of phenols is 1. The molecule has 39 heavy (non-hydrogen) atoms. The summed E-state index contributed by atoms with van der Waals surface area (Å²) in [5.74, 6) is -11.2. The summed E-state index contributed by atoms with van der Waals surface area (Å²) in [5, 5.41) is 47.5. The third-order valence-corrected chi connectivity index (χ3v) is 7.82. The molecular weight excluding hydrogens is 516 g/mol. The first kappa shape index (κ1) is 28.7. The minimum Gasteiger partial charge on any atom is -0.508 e. The lowest BCUT2D eigenvalue weighted by atomic mass is 9.57. The van der Waals surface area contributed by atoms with Gasteiger partial charge in [-0.2, -0.15) is 0 Å². The molecule has 1 amide bonds. The number of aliphatic hydroxyl groups excluding tert-OH is 2. The molecule has 0 spiro atoms. The molecule has 3 aliphatic rings. The van der Waals surface area contributed by atoms with Crippen molar-refractivity contribution in [2.24, 2.45) is 23.0 Å². The van der Waals surface area contributed by atoms with E-state index in [-0.39, 0.29) is 30.4 Å². The molecule has 0 aliphatic heterocycles. The fourth-order valence-corrected chi connectivity index (χ4v) is 6.08. The predicted molar refractivity (Wildman–Crippen MR) is 135 cm³/mol.